The van der Waals surface area contributed by atoms with Crippen molar-refractivity contribution in [2.75, 3.05) is 7.11 Å². The van der Waals surface area contributed by atoms with Crippen molar-refractivity contribution < 1.29 is 9.53 Å². The highest BCUT2D eigenvalue weighted by Crippen LogP contribution is 2.33. The summed E-state index contributed by atoms with van der Waals surface area (Å²) in [4.78, 5) is 15.0. The first-order chi connectivity index (χ1) is 11.5. The Balaban J connectivity index is 1.87. The molecule has 0 unspecified atom stereocenters. The van der Waals surface area contributed by atoms with Gasteiger partial charge in [-0.1, -0.05) is 32.0 Å². The van der Waals surface area contributed by atoms with E-state index in [1.165, 1.54) is 0 Å². The molecule has 0 atom stereocenters. The Bertz CT molecular complexity index is 738. The molecule has 1 aliphatic carbocycles. The van der Waals surface area contributed by atoms with Crippen LogP contribution in [0.15, 0.2) is 28.7 Å². The van der Waals surface area contributed by atoms with Gasteiger partial charge in [0.25, 0.3) is 5.91 Å². The van der Waals surface area contributed by atoms with Gasteiger partial charge in [-0.15, -0.1) is 0 Å². The fourth-order valence-electron chi connectivity index (χ4n) is 2.77. The monoisotopic (exact) mass is 391 g/mol. The molecule has 3 rings (SSSR count). The number of nitrogens with one attached hydrogen (secondary N) is 1. The zero-order valence-electron chi connectivity index (χ0n) is 14.2. The summed E-state index contributed by atoms with van der Waals surface area (Å²) in [6.45, 7) is 4.67. The number of para-hydroxylation sites is 1. The zero-order valence-corrected chi connectivity index (χ0v) is 15.8. The van der Waals surface area contributed by atoms with Gasteiger partial charge in [-0.3, -0.25) is 9.89 Å². The number of amides is 1. The van der Waals surface area contributed by atoms with E-state index < -0.39 is 0 Å². The summed E-state index contributed by atoms with van der Waals surface area (Å²) in [6, 6.07) is 8.11. The number of halogens is 1. The van der Waals surface area contributed by atoms with Crippen molar-refractivity contribution in [3.05, 3.63) is 45.7 Å². The van der Waals surface area contributed by atoms with Gasteiger partial charge in [0.2, 0.25) is 0 Å². The molecule has 0 saturated heterocycles. The fraction of sp³-hybridized carbons (Fsp3) is 0.444. The molecule has 0 spiro atoms. The molecule has 2 aromatic rings. The molecule has 1 amide bonds. The standard InChI is InChI=1S/C18H22BrN3O2/c1-11(2)16-15(19)17(21-20-16)18(23)22(13-8-9-13)10-12-6-4-5-7-14(12)24-3/h4-7,11,13H,8-10H2,1-3H3,(H,20,21). The lowest BCUT2D eigenvalue weighted by Gasteiger charge is -2.23. The number of aromatic nitrogens is 2. The van der Waals surface area contributed by atoms with E-state index in [4.69, 9.17) is 4.74 Å². The van der Waals surface area contributed by atoms with Crippen LogP contribution in [0.1, 0.15) is 54.4 Å². The average molecular weight is 392 g/mol. The van der Waals surface area contributed by atoms with Gasteiger partial charge in [-0.2, -0.15) is 5.10 Å². The summed E-state index contributed by atoms with van der Waals surface area (Å²) in [7, 11) is 1.65. The van der Waals surface area contributed by atoms with Crippen LogP contribution in [0.25, 0.3) is 0 Å². The van der Waals surface area contributed by atoms with Gasteiger partial charge in [0.05, 0.1) is 17.3 Å². The Labute approximate surface area is 150 Å². The summed E-state index contributed by atoms with van der Waals surface area (Å²) in [5.74, 6) is 1.04. The van der Waals surface area contributed by atoms with Crippen molar-refractivity contribution >= 4 is 21.8 Å². The summed E-state index contributed by atoms with van der Waals surface area (Å²) in [5.41, 5.74) is 2.42. The lowest BCUT2D eigenvalue weighted by molar-refractivity contribution is 0.0722. The highest BCUT2D eigenvalue weighted by Gasteiger charge is 2.35. The summed E-state index contributed by atoms with van der Waals surface area (Å²) in [6.07, 6.45) is 2.08. The van der Waals surface area contributed by atoms with Gasteiger partial charge in [0, 0.05) is 18.2 Å². The third kappa shape index (κ3) is 3.34. The van der Waals surface area contributed by atoms with Crippen LogP contribution in [-0.4, -0.2) is 34.2 Å². The second-order valence-corrected chi connectivity index (χ2v) is 7.22. The number of hydrogen-bond donors (Lipinski definition) is 1. The molecule has 1 saturated carbocycles. The zero-order chi connectivity index (χ0) is 17.3. The summed E-state index contributed by atoms with van der Waals surface area (Å²) >= 11 is 3.54. The molecule has 1 heterocycles. The van der Waals surface area contributed by atoms with E-state index in [0.717, 1.165) is 34.3 Å². The van der Waals surface area contributed by atoms with Crippen LogP contribution < -0.4 is 4.74 Å². The second-order valence-electron chi connectivity index (χ2n) is 6.43. The number of H-pyrrole nitrogens is 1. The Hall–Kier alpha value is -1.82. The van der Waals surface area contributed by atoms with E-state index in [0.29, 0.717) is 12.2 Å². The number of hydrogen-bond acceptors (Lipinski definition) is 3. The molecule has 128 valence electrons. The molecule has 6 heteroatoms. The number of rotatable bonds is 6. The van der Waals surface area contributed by atoms with Crippen molar-refractivity contribution in [2.45, 2.75) is 45.2 Å². The second kappa shape index (κ2) is 6.97. The summed E-state index contributed by atoms with van der Waals surface area (Å²) in [5, 5.41) is 7.24. The van der Waals surface area contributed by atoms with Crippen molar-refractivity contribution in [1.82, 2.24) is 15.1 Å². The largest absolute Gasteiger partial charge is 0.496 e. The van der Waals surface area contributed by atoms with Crippen LogP contribution in [0.2, 0.25) is 0 Å². The van der Waals surface area contributed by atoms with Crippen molar-refractivity contribution in [2.24, 2.45) is 0 Å². The maximum atomic E-state index is 13.1. The van der Waals surface area contributed by atoms with Gasteiger partial charge >= 0.3 is 0 Å². The quantitative estimate of drug-likeness (QED) is 0.805. The molecule has 1 aliphatic rings. The Morgan fingerprint density at radius 1 is 1.42 bits per heavy atom. The van der Waals surface area contributed by atoms with Crippen LogP contribution >= 0.6 is 15.9 Å². The molecule has 0 bridgehead atoms. The van der Waals surface area contributed by atoms with Crippen LogP contribution in [0, 0.1) is 0 Å². The lowest BCUT2D eigenvalue weighted by atomic mass is 10.1. The smallest absolute Gasteiger partial charge is 0.276 e. The van der Waals surface area contributed by atoms with Crippen molar-refractivity contribution in [1.29, 1.82) is 0 Å². The predicted molar refractivity (Wildman–Crippen MR) is 96.3 cm³/mol. The van der Waals surface area contributed by atoms with E-state index in [9.17, 15) is 4.79 Å². The predicted octanol–water partition coefficient (Wildman–Crippen LogP) is 4.11. The number of benzene rings is 1. The minimum Gasteiger partial charge on any atom is -0.496 e. The van der Waals surface area contributed by atoms with E-state index in [2.05, 4.69) is 40.0 Å². The molecule has 0 aliphatic heterocycles. The van der Waals surface area contributed by atoms with E-state index in [-0.39, 0.29) is 17.9 Å². The molecule has 5 nitrogen and oxygen atoms in total. The van der Waals surface area contributed by atoms with Gasteiger partial charge in [0.15, 0.2) is 5.69 Å². The molecule has 0 radical (unpaired) electrons. The van der Waals surface area contributed by atoms with Crippen LogP contribution in [0.3, 0.4) is 0 Å². The number of nitrogens with zero attached hydrogens (tertiary/aromatic N) is 2. The Morgan fingerprint density at radius 2 is 2.12 bits per heavy atom. The number of aromatic amines is 1. The van der Waals surface area contributed by atoms with Gasteiger partial charge in [-0.05, 0) is 40.8 Å². The number of carbonyl (C=O) groups is 1. The first-order valence-corrected chi connectivity index (χ1v) is 8.98. The van der Waals surface area contributed by atoms with Crippen LogP contribution in [0.5, 0.6) is 5.75 Å². The molecule has 1 aromatic carbocycles. The highest BCUT2D eigenvalue weighted by molar-refractivity contribution is 9.10. The summed E-state index contributed by atoms with van der Waals surface area (Å²) < 4.78 is 6.19. The highest BCUT2D eigenvalue weighted by atomic mass is 79.9. The third-order valence-electron chi connectivity index (χ3n) is 4.29. The molecule has 1 aromatic heterocycles. The van der Waals surface area contributed by atoms with Crippen LogP contribution in [0.4, 0.5) is 0 Å². The van der Waals surface area contributed by atoms with Crippen molar-refractivity contribution in [3.63, 3.8) is 0 Å². The van der Waals surface area contributed by atoms with Gasteiger partial charge < -0.3 is 9.64 Å². The molecular weight excluding hydrogens is 370 g/mol. The van der Waals surface area contributed by atoms with E-state index >= 15 is 0 Å². The average Bonchev–Trinajstić information content (AvgIpc) is 3.33. The number of carbonyl (C=O) groups excluding carboxylic acids is 1. The van der Waals surface area contributed by atoms with Gasteiger partial charge in [-0.25, -0.2) is 0 Å². The van der Waals surface area contributed by atoms with Gasteiger partial charge in [0.1, 0.15) is 5.75 Å². The lowest BCUT2D eigenvalue weighted by Crippen LogP contribution is -2.33. The normalized spacial score (nSPS) is 14.0. The fourth-order valence-corrected chi connectivity index (χ4v) is 3.58. The SMILES string of the molecule is COc1ccccc1CN(C(=O)c1n[nH]c(C(C)C)c1Br)C1CC1. The first kappa shape index (κ1) is 17.0. The van der Waals surface area contributed by atoms with E-state index in [1.807, 2.05) is 29.2 Å². The number of ether oxygens (including phenoxy) is 1. The molecule has 1 N–H and O–H groups in total. The Kier molecular flexibility index (Phi) is 4.94. The maximum absolute atomic E-state index is 13.1. The third-order valence-corrected chi connectivity index (χ3v) is 5.10. The topological polar surface area (TPSA) is 58.2 Å². The molecular formula is C18H22BrN3O2. The molecule has 24 heavy (non-hydrogen) atoms. The van der Waals surface area contributed by atoms with Crippen LogP contribution in [-0.2, 0) is 6.54 Å². The minimum atomic E-state index is -0.0431. The van der Waals surface area contributed by atoms with Crippen molar-refractivity contribution in [3.8, 4) is 5.75 Å². The first-order valence-electron chi connectivity index (χ1n) is 8.19. The van der Waals surface area contributed by atoms with E-state index in [1.54, 1.807) is 7.11 Å². The Morgan fingerprint density at radius 3 is 2.71 bits per heavy atom. The minimum absolute atomic E-state index is 0.0431. The maximum Gasteiger partial charge on any atom is 0.276 e. The molecule has 1 fully saturated rings. The number of methoxy groups -OCH3 is 1.